The number of rotatable bonds is 8. The first-order valence-corrected chi connectivity index (χ1v) is 12.4. The SMILES string of the molecule is C=C(C)[C@H]1CC[C@]23C=C(COC(=O)/C=C/c4ccc(O)cc4)[C@H](CC[C@H]2[C@]1(C)CCC(=O)O)C3. The van der Waals surface area contributed by atoms with Gasteiger partial charge in [-0.3, -0.25) is 4.79 Å². The summed E-state index contributed by atoms with van der Waals surface area (Å²) in [5, 5.41) is 18.8. The van der Waals surface area contributed by atoms with Gasteiger partial charge in [-0.25, -0.2) is 4.79 Å². The van der Waals surface area contributed by atoms with E-state index in [4.69, 9.17) is 4.74 Å². The number of carboxylic acid groups (broad SMARTS) is 1. The molecule has 2 bridgehead atoms. The Hall–Kier alpha value is -2.82. The van der Waals surface area contributed by atoms with Crippen LogP contribution in [0.15, 0.2) is 54.1 Å². The van der Waals surface area contributed by atoms with E-state index in [9.17, 15) is 19.8 Å². The van der Waals surface area contributed by atoms with Crippen molar-refractivity contribution in [3.8, 4) is 5.75 Å². The number of aliphatic carboxylic acids is 1. The summed E-state index contributed by atoms with van der Waals surface area (Å²) in [7, 11) is 0. The Balaban J connectivity index is 1.47. The molecule has 34 heavy (non-hydrogen) atoms. The molecule has 4 rings (SSSR count). The molecule has 1 aromatic carbocycles. The number of hydrogen-bond acceptors (Lipinski definition) is 4. The molecule has 0 unspecified atom stereocenters. The van der Waals surface area contributed by atoms with E-state index in [0.29, 0.717) is 30.8 Å². The minimum absolute atomic E-state index is 0.0751. The number of benzene rings is 1. The van der Waals surface area contributed by atoms with Crippen molar-refractivity contribution in [2.45, 2.75) is 58.8 Å². The zero-order valence-corrected chi connectivity index (χ0v) is 20.3. The molecule has 0 aromatic heterocycles. The summed E-state index contributed by atoms with van der Waals surface area (Å²) < 4.78 is 5.61. The first-order valence-electron chi connectivity index (χ1n) is 12.4. The molecule has 182 valence electrons. The van der Waals surface area contributed by atoms with Gasteiger partial charge in [0.05, 0.1) is 0 Å². The molecule has 3 aliphatic carbocycles. The second-order valence-electron chi connectivity index (χ2n) is 10.9. The van der Waals surface area contributed by atoms with Gasteiger partial charge in [0.15, 0.2) is 0 Å². The Morgan fingerprint density at radius 3 is 2.62 bits per heavy atom. The third kappa shape index (κ3) is 4.70. The number of aromatic hydroxyl groups is 1. The molecule has 0 amide bonds. The monoisotopic (exact) mass is 464 g/mol. The van der Waals surface area contributed by atoms with Crippen LogP contribution >= 0.6 is 0 Å². The molecular weight excluding hydrogens is 428 g/mol. The molecule has 2 N–H and O–H groups in total. The van der Waals surface area contributed by atoms with Crippen molar-refractivity contribution >= 4 is 18.0 Å². The maximum absolute atomic E-state index is 12.3. The van der Waals surface area contributed by atoms with Gasteiger partial charge in [-0.15, -0.1) is 0 Å². The van der Waals surface area contributed by atoms with Gasteiger partial charge in [-0.2, -0.15) is 0 Å². The molecule has 0 heterocycles. The smallest absolute Gasteiger partial charge is 0.331 e. The van der Waals surface area contributed by atoms with Crippen molar-refractivity contribution in [2.24, 2.45) is 28.6 Å². The molecule has 5 heteroatoms. The summed E-state index contributed by atoms with van der Waals surface area (Å²) in [6, 6.07) is 6.64. The first kappa shape index (κ1) is 24.3. The number of carboxylic acids is 1. The van der Waals surface area contributed by atoms with Crippen LogP contribution in [0.1, 0.15) is 64.4 Å². The van der Waals surface area contributed by atoms with E-state index in [0.717, 1.165) is 37.7 Å². The van der Waals surface area contributed by atoms with Crippen molar-refractivity contribution < 1.29 is 24.5 Å². The molecule has 0 radical (unpaired) electrons. The summed E-state index contributed by atoms with van der Waals surface area (Å²) >= 11 is 0. The molecule has 0 aliphatic heterocycles. The van der Waals surface area contributed by atoms with E-state index < -0.39 is 5.97 Å². The zero-order chi connectivity index (χ0) is 24.5. The molecule has 2 saturated carbocycles. The average Bonchev–Trinajstić information content (AvgIpc) is 3.05. The predicted octanol–water partition coefficient (Wildman–Crippen LogP) is 6.15. The van der Waals surface area contributed by atoms with Crippen LogP contribution in [0.25, 0.3) is 6.08 Å². The highest BCUT2D eigenvalue weighted by Gasteiger charge is 2.58. The minimum Gasteiger partial charge on any atom is -0.508 e. The lowest BCUT2D eigenvalue weighted by Gasteiger charge is -2.58. The van der Waals surface area contributed by atoms with E-state index in [1.165, 1.54) is 17.2 Å². The van der Waals surface area contributed by atoms with Gasteiger partial charge in [-0.05, 0) is 103 Å². The minimum atomic E-state index is -0.732. The lowest BCUT2D eigenvalue weighted by molar-refractivity contribution is -0.139. The summed E-state index contributed by atoms with van der Waals surface area (Å²) in [6.45, 7) is 8.96. The summed E-state index contributed by atoms with van der Waals surface area (Å²) in [5.41, 5.74) is 3.21. The van der Waals surface area contributed by atoms with Crippen molar-refractivity contribution in [1.29, 1.82) is 0 Å². The number of allylic oxidation sites excluding steroid dienone is 2. The fourth-order valence-corrected chi connectivity index (χ4v) is 7.29. The number of phenols is 1. The van der Waals surface area contributed by atoms with Crippen molar-refractivity contribution in [1.82, 2.24) is 0 Å². The van der Waals surface area contributed by atoms with Gasteiger partial charge in [0.1, 0.15) is 12.4 Å². The number of carbonyl (C=O) groups excluding carboxylic acids is 1. The predicted molar refractivity (Wildman–Crippen MR) is 132 cm³/mol. The second kappa shape index (κ2) is 9.44. The summed E-state index contributed by atoms with van der Waals surface area (Å²) in [5.74, 6) is 0.294. The van der Waals surface area contributed by atoms with Gasteiger partial charge in [0.2, 0.25) is 0 Å². The third-order valence-corrected chi connectivity index (χ3v) is 8.77. The maximum Gasteiger partial charge on any atom is 0.331 e. The Kier molecular flexibility index (Phi) is 6.75. The quantitative estimate of drug-likeness (QED) is 0.274. The Labute approximate surface area is 202 Å². The third-order valence-electron chi connectivity index (χ3n) is 8.77. The molecule has 5 nitrogen and oxygen atoms in total. The van der Waals surface area contributed by atoms with Crippen molar-refractivity contribution in [2.75, 3.05) is 6.61 Å². The van der Waals surface area contributed by atoms with E-state index >= 15 is 0 Å². The second-order valence-corrected chi connectivity index (χ2v) is 10.9. The van der Waals surface area contributed by atoms with Crippen molar-refractivity contribution in [3.05, 3.63) is 59.7 Å². The highest BCUT2D eigenvalue weighted by atomic mass is 16.5. The van der Waals surface area contributed by atoms with Crippen LogP contribution in [0.3, 0.4) is 0 Å². The number of ether oxygens (including phenoxy) is 1. The topological polar surface area (TPSA) is 83.8 Å². The summed E-state index contributed by atoms with van der Waals surface area (Å²) in [4.78, 5) is 23.8. The lowest BCUT2D eigenvalue weighted by atomic mass is 9.46. The fourth-order valence-electron chi connectivity index (χ4n) is 7.29. The molecule has 5 atom stereocenters. The van der Waals surface area contributed by atoms with E-state index in [1.807, 2.05) is 0 Å². The van der Waals surface area contributed by atoms with Gasteiger partial charge in [-0.1, -0.05) is 37.3 Å². The van der Waals surface area contributed by atoms with Gasteiger partial charge in [0.25, 0.3) is 0 Å². The van der Waals surface area contributed by atoms with Gasteiger partial charge < -0.3 is 14.9 Å². The standard InChI is InChI=1S/C29H36O5/c1-19(2)24-12-15-29-16-21(7-10-25(29)28(24,3)14-13-26(31)32)22(17-29)18-34-27(33)11-6-20-4-8-23(30)9-5-20/h4-6,8-9,11,17,21,24-25,30H,1,7,10,12-16,18H2,2-3H3,(H,31,32)/b11-6+/t21-,24-,25+,28-,29+/m1/s1. The van der Waals surface area contributed by atoms with Gasteiger partial charge in [0, 0.05) is 12.5 Å². The Morgan fingerprint density at radius 2 is 1.94 bits per heavy atom. The highest BCUT2D eigenvalue weighted by Crippen LogP contribution is 2.67. The molecular formula is C29H36O5. The van der Waals surface area contributed by atoms with Crippen LogP contribution in [-0.4, -0.2) is 28.8 Å². The normalized spacial score (nSPS) is 32.2. The first-order chi connectivity index (χ1) is 16.1. The van der Waals surface area contributed by atoms with Gasteiger partial charge >= 0.3 is 11.9 Å². The fraction of sp³-hybridized carbons (Fsp3) is 0.517. The van der Waals surface area contributed by atoms with Crippen LogP contribution in [0.5, 0.6) is 5.75 Å². The molecule has 0 saturated heterocycles. The average molecular weight is 465 g/mol. The zero-order valence-electron chi connectivity index (χ0n) is 20.3. The molecule has 2 fully saturated rings. The number of carbonyl (C=O) groups is 2. The van der Waals surface area contributed by atoms with E-state index in [-0.39, 0.29) is 29.0 Å². The van der Waals surface area contributed by atoms with E-state index in [2.05, 4.69) is 26.5 Å². The van der Waals surface area contributed by atoms with E-state index in [1.54, 1.807) is 30.3 Å². The molecule has 1 spiro atoms. The molecule has 1 aromatic rings. The number of hydrogen-bond donors (Lipinski definition) is 2. The maximum atomic E-state index is 12.3. The largest absolute Gasteiger partial charge is 0.508 e. The number of phenolic OH excluding ortho intramolecular Hbond substituents is 1. The van der Waals surface area contributed by atoms with Crippen LogP contribution in [-0.2, 0) is 14.3 Å². The highest BCUT2D eigenvalue weighted by molar-refractivity contribution is 5.87. The number of esters is 1. The summed E-state index contributed by atoms with van der Waals surface area (Å²) in [6.07, 6.45) is 11.7. The Bertz CT molecular complexity index is 1020. The lowest BCUT2D eigenvalue weighted by Crippen LogP contribution is -2.50. The van der Waals surface area contributed by atoms with Crippen molar-refractivity contribution in [3.63, 3.8) is 0 Å². The van der Waals surface area contributed by atoms with Crippen LogP contribution in [0, 0.1) is 28.6 Å². The Morgan fingerprint density at radius 1 is 1.21 bits per heavy atom. The number of fused-ring (bicyclic) bond motifs is 1. The van der Waals surface area contributed by atoms with Crippen LogP contribution in [0.4, 0.5) is 0 Å². The van der Waals surface area contributed by atoms with Crippen LogP contribution < -0.4 is 0 Å². The molecule has 3 aliphatic rings. The van der Waals surface area contributed by atoms with Crippen LogP contribution in [0.2, 0.25) is 0 Å².